The second kappa shape index (κ2) is 5.18. The molecule has 0 saturated heterocycles. The number of rotatable bonds is 4. The molecule has 4 nitrogen and oxygen atoms in total. The molecule has 0 aromatic carbocycles. The Morgan fingerprint density at radius 3 is 2.47 bits per heavy atom. The molecule has 0 aliphatic rings. The van der Waals surface area contributed by atoms with Crippen molar-refractivity contribution in [2.45, 2.75) is 20.4 Å². The topological polar surface area (TPSA) is 57.6 Å². The molecule has 0 fully saturated rings. The number of hydrogen-bond donors (Lipinski definition) is 1. The number of nitrogens with zero attached hydrogens (tertiary/aromatic N) is 1. The first kappa shape index (κ1) is 14.2. The zero-order valence-corrected chi connectivity index (χ0v) is 12.3. The first-order chi connectivity index (χ1) is 7.75. The van der Waals surface area contributed by atoms with Crippen molar-refractivity contribution in [3.05, 3.63) is 20.8 Å². The van der Waals surface area contributed by atoms with Gasteiger partial charge in [-0.05, 0) is 41.9 Å². The van der Waals surface area contributed by atoms with Gasteiger partial charge in [0.25, 0.3) is 0 Å². The number of carbonyl (C=O) groups is 2. The number of thiophene rings is 1. The summed E-state index contributed by atoms with van der Waals surface area (Å²) in [5, 5.41) is 8.98. The molecule has 0 saturated carbocycles. The van der Waals surface area contributed by atoms with E-state index in [1.165, 1.54) is 30.1 Å². The lowest BCUT2D eigenvalue weighted by Crippen LogP contribution is -2.42. The van der Waals surface area contributed by atoms with Crippen LogP contribution in [0.5, 0.6) is 0 Å². The Morgan fingerprint density at radius 1 is 1.47 bits per heavy atom. The van der Waals surface area contributed by atoms with E-state index in [4.69, 9.17) is 5.11 Å². The summed E-state index contributed by atoms with van der Waals surface area (Å²) in [5.41, 5.74) is -1.39. The van der Waals surface area contributed by atoms with Crippen molar-refractivity contribution in [3.63, 3.8) is 0 Å². The van der Waals surface area contributed by atoms with Gasteiger partial charge >= 0.3 is 5.97 Å². The molecule has 94 valence electrons. The van der Waals surface area contributed by atoms with E-state index in [9.17, 15) is 9.59 Å². The third-order valence-corrected chi connectivity index (χ3v) is 4.05. The van der Waals surface area contributed by atoms with Crippen LogP contribution in [0.4, 0.5) is 0 Å². The molecule has 6 heteroatoms. The van der Waals surface area contributed by atoms with Crippen LogP contribution in [-0.2, 0) is 16.1 Å². The summed E-state index contributed by atoms with van der Waals surface area (Å²) in [6.07, 6.45) is 0. The van der Waals surface area contributed by atoms with Crippen molar-refractivity contribution >= 4 is 39.1 Å². The number of amides is 1. The van der Waals surface area contributed by atoms with E-state index >= 15 is 0 Å². The first-order valence-electron chi connectivity index (χ1n) is 4.98. The molecule has 1 N–H and O–H groups in total. The van der Waals surface area contributed by atoms with Crippen LogP contribution in [0.2, 0.25) is 0 Å². The van der Waals surface area contributed by atoms with Crippen LogP contribution >= 0.6 is 27.3 Å². The molecule has 1 aromatic rings. The van der Waals surface area contributed by atoms with E-state index < -0.39 is 17.3 Å². The number of carboxylic acids is 1. The highest BCUT2D eigenvalue weighted by Crippen LogP contribution is 2.25. The third-order valence-electron chi connectivity index (χ3n) is 2.44. The van der Waals surface area contributed by atoms with Crippen molar-refractivity contribution in [2.24, 2.45) is 5.41 Å². The summed E-state index contributed by atoms with van der Waals surface area (Å²) in [6, 6.07) is 3.81. The maximum absolute atomic E-state index is 12.0. The van der Waals surface area contributed by atoms with Gasteiger partial charge in [0.15, 0.2) is 0 Å². The van der Waals surface area contributed by atoms with Crippen LogP contribution in [0.1, 0.15) is 18.7 Å². The van der Waals surface area contributed by atoms with E-state index in [0.717, 1.165) is 8.66 Å². The van der Waals surface area contributed by atoms with Crippen LogP contribution in [0, 0.1) is 5.41 Å². The van der Waals surface area contributed by atoms with Gasteiger partial charge in [0.05, 0.1) is 10.3 Å². The Morgan fingerprint density at radius 2 is 2.06 bits per heavy atom. The predicted molar refractivity (Wildman–Crippen MR) is 69.9 cm³/mol. The van der Waals surface area contributed by atoms with E-state index in [1.54, 1.807) is 7.05 Å². The molecule has 0 radical (unpaired) electrons. The molecular weight excluding hydrogens is 306 g/mol. The molecule has 1 amide bonds. The molecule has 0 spiro atoms. The van der Waals surface area contributed by atoms with Gasteiger partial charge in [-0.3, -0.25) is 9.59 Å². The number of carbonyl (C=O) groups excluding carboxylic acids is 1. The van der Waals surface area contributed by atoms with Crippen molar-refractivity contribution in [1.29, 1.82) is 0 Å². The Bertz CT molecular complexity index is 442. The van der Waals surface area contributed by atoms with Gasteiger partial charge in [-0.2, -0.15) is 0 Å². The smallest absolute Gasteiger partial charge is 0.318 e. The van der Waals surface area contributed by atoms with Crippen molar-refractivity contribution < 1.29 is 14.7 Å². The summed E-state index contributed by atoms with van der Waals surface area (Å²) >= 11 is 4.87. The van der Waals surface area contributed by atoms with Gasteiger partial charge in [-0.1, -0.05) is 0 Å². The van der Waals surface area contributed by atoms with Crippen LogP contribution in [0.15, 0.2) is 15.9 Å². The molecule has 17 heavy (non-hydrogen) atoms. The van der Waals surface area contributed by atoms with Crippen LogP contribution in [-0.4, -0.2) is 28.9 Å². The monoisotopic (exact) mass is 319 g/mol. The number of hydrogen-bond acceptors (Lipinski definition) is 3. The van der Waals surface area contributed by atoms with Gasteiger partial charge in [0, 0.05) is 11.9 Å². The molecule has 1 heterocycles. The molecule has 1 aromatic heterocycles. The minimum absolute atomic E-state index is 0.394. The zero-order chi connectivity index (χ0) is 13.2. The zero-order valence-electron chi connectivity index (χ0n) is 9.86. The highest BCUT2D eigenvalue weighted by atomic mass is 79.9. The Kier molecular flexibility index (Phi) is 4.32. The van der Waals surface area contributed by atoms with E-state index in [-0.39, 0.29) is 0 Å². The van der Waals surface area contributed by atoms with Gasteiger partial charge in [-0.15, -0.1) is 11.3 Å². The molecule has 1 rings (SSSR count). The average Bonchev–Trinajstić information content (AvgIpc) is 2.62. The summed E-state index contributed by atoms with van der Waals surface area (Å²) in [6.45, 7) is 3.25. The molecular formula is C11H14BrNO3S. The van der Waals surface area contributed by atoms with Crippen molar-refractivity contribution in [2.75, 3.05) is 7.05 Å². The molecule has 0 bridgehead atoms. The third kappa shape index (κ3) is 3.29. The molecule has 0 unspecified atom stereocenters. The van der Waals surface area contributed by atoms with Gasteiger partial charge in [-0.25, -0.2) is 0 Å². The Balaban J connectivity index is 2.74. The lowest BCUT2D eigenvalue weighted by Gasteiger charge is -2.25. The van der Waals surface area contributed by atoms with Gasteiger partial charge in [0.2, 0.25) is 5.91 Å². The van der Waals surface area contributed by atoms with E-state index in [1.807, 2.05) is 12.1 Å². The molecule has 0 atom stereocenters. The molecule has 0 aliphatic carbocycles. The van der Waals surface area contributed by atoms with E-state index in [2.05, 4.69) is 15.9 Å². The average molecular weight is 320 g/mol. The SMILES string of the molecule is CN(Cc1ccc(Br)s1)C(=O)C(C)(C)C(=O)O. The number of carboxylic acid groups (broad SMARTS) is 1. The summed E-state index contributed by atoms with van der Waals surface area (Å²) in [5.74, 6) is -1.50. The summed E-state index contributed by atoms with van der Waals surface area (Å²) < 4.78 is 0.992. The van der Waals surface area contributed by atoms with Crippen molar-refractivity contribution in [3.8, 4) is 0 Å². The fourth-order valence-corrected chi connectivity index (χ4v) is 2.85. The fraction of sp³-hybridized carbons (Fsp3) is 0.455. The van der Waals surface area contributed by atoms with Gasteiger partial charge < -0.3 is 10.0 Å². The maximum Gasteiger partial charge on any atom is 0.318 e. The minimum atomic E-state index is -1.39. The predicted octanol–water partition coefficient (Wildman–Crippen LogP) is 2.58. The van der Waals surface area contributed by atoms with Crippen molar-refractivity contribution in [1.82, 2.24) is 4.90 Å². The van der Waals surface area contributed by atoms with Crippen LogP contribution in [0.3, 0.4) is 0 Å². The number of halogens is 1. The Labute approximate surface area is 112 Å². The van der Waals surface area contributed by atoms with E-state index in [0.29, 0.717) is 6.54 Å². The standard InChI is InChI=1S/C11H14BrNO3S/c1-11(2,10(15)16)9(14)13(3)6-7-4-5-8(12)17-7/h4-5H,6H2,1-3H3,(H,15,16). The number of aliphatic carboxylic acids is 1. The normalized spacial score (nSPS) is 11.3. The lowest BCUT2D eigenvalue weighted by atomic mass is 9.92. The fourth-order valence-electron chi connectivity index (χ4n) is 1.31. The molecule has 0 aliphatic heterocycles. The largest absolute Gasteiger partial charge is 0.480 e. The maximum atomic E-state index is 12.0. The van der Waals surface area contributed by atoms with Crippen LogP contribution < -0.4 is 0 Å². The highest BCUT2D eigenvalue weighted by Gasteiger charge is 2.38. The summed E-state index contributed by atoms with van der Waals surface area (Å²) in [4.78, 5) is 25.4. The first-order valence-corrected chi connectivity index (χ1v) is 6.59. The summed E-state index contributed by atoms with van der Waals surface area (Å²) in [7, 11) is 1.61. The van der Waals surface area contributed by atoms with Crippen LogP contribution in [0.25, 0.3) is 0 Å². The van der Waals surface area contributed by atoms with Gasteiger partial charge in [0.1, 0.15) is 5.41 Å². The second-order valence-electron chi connectivity index (χ2n) is 4.30. The quantitative estimate of drug-likeness (QED) is 0.868. The highest BCUT2D eigenvalue weighted by molar-refractivity contribution is 9.11. The Hall–Kier alpha value is -0.880. The minimum Gasteiger partial charge on any atom is -0.480 e. The second-order valence-corrected chi connectivity index (χ2v) is 6.84. The lowest BCUT2D eigenvalue weighted by molar-refractivity contribution is -0.157.